The molecule has 156 valence electrons. The van der Waals surface area contributed by atoms with Gasteiger partial charge in [-0.1, -0.05) is 40.0 Å². The predicted octanol–water partition coefficient (Wildman–Crippen LogP) is 6.80. The fourth-order valence-electron chi connectivity index (χ4n) is 2.50. The van der Waals surface area contributed by atoms with Gasteiger partial charge in [0.1, 0.15) is 17.2 Å². The van der Waals surface area contributed by atoms with Gasteiger partial charge in [0.05, 0.1) is 18.4 Å². The van der Waals surface area contributed by atoms with Crippen LogP contribution in [0.4, 0.5) is 0 Å². The second-order valence-electron chi connectivity index (χ2n) is 7.20. The average molecular weight is 397 g/mol. The fourth-order valence-corrected chi connectivity index (χ4v) is 2.50. The molecule has 0 radical (unpaired) electrons. The van der Waals surface area contributed by atoms with Gasteiger partial charge >= 0.3 is 5.97 Å². The molecule has 4 heteroatoms. The van der Waals surface area contributed by atoms with Crippen LogP contribution >= 0.6 is 0 Å². The molecule has 0 aliphatic rings. The van der Waals surface area contributed by atoms with Crippen LogP contribution in [-0.4, -0.2) is 12.6 Å². The van der Waals surface area contributed by atoms with Crippen molar-refractivity contribution in [3.63, 3.8) is 0 Å². The summed E-state index contributed by atoms with van der Waals surface area (Å²) < 4.78 is 16.7. The lowest BCUT2D eigenvalue weighted by molar-refractivity contribution is 0.0734. The Bertz CT molecular complexity index is 747. The van der Waals surface area contributed by atoms with Crippen molar-refractivity contribution in [1.29, 1.82) is 0 Å². The number of carbonyl (C=O) groups is 1. The Labute approximate surface area is 174 Å². The normalized spacial score (nSPS) is 12.0. The summed E-state index contributed by atoms with van der Waals surface area (Å²) >= 11 is 0. The molecule has 0 amide bonds. The Hall–Kier alpha value is -2.75. The average Bonchev–Trinajstić information content (AvgIpc) is 2.75. The first-order chi connectivity index (χ1) is 14.1. The Morgan fingerprint density at radius 2 is 1.59 bits per heavy atom. The van der Waals surface area contributed by atoms with E-state index >= 15 is 0 Å². The summed E-state index contributed by atoms with van der Waals surface area (Å²) in [5, 5.41) is 0. The molecule has 0 aromatic heterocycles. The minimum atomic E-state index is -0.403. The lowest BCUT2D eigenvalue weighted by atomic mass is 10.1. The molecule has 0 saturated carbocycles. The zero-order valence-electron chi connectivity index (χ0n) is 17.7. The highest BCUT2D eigenvalue weighted by atomic mass is 16.5. The van der Waals surface area contributed by atoms with E-state index in [-0.39, 0.29) is 0 Å². The van der Waals surface area contributed by atoms with Crippen LogP contribution < -0.4 is 14.2 Å². The van der Waals surface area contributed by atoms with Crippen molar-refractivity contribution in [3.8, 4) is 17.2 Å². The van der Waals surface area contributed by atoms with Gasteiger partial charge < -0.3 is 14.2 Å². The number of unbranched alkanes of at least 4 members (excludes halogenated alkanes) is 3. The maximum atomic E-state index is 12.3. The van der Waals surface area contributed by atoms with Crippen molar-refractivity contribution in [2.24, 2.45) is 5.92 Å². The van der Waals surface area contributed by atoms with Gasteiger partial charge in [-0.25, -0.2) is 4.79 Å². The van der Waals surface area contributed by atoms with E-state index in [9.17, 15) is 4.79 Å². The lowest BCUT2D eigenvalue weighted by Crippen LogP contribution is -2.09. The lowest BCUT2D eigenvalue weighted by Gasteiger charge is -2.11. The highest BCUT2D eigenvalue weighted by Crippen LogP contribution is 2.20. The van der Waals surface area contributed by atoms with Crippen LogP contribution in [0.15, 0.2) is 60.9 Å². The molecule has 1 unspecified atom stereocenters. The minimum absolute atomic E-state index is 0.403. The van der Waals surface area contributed by atoms with Gasteiger partial charge in [-0.2, -0.15) is 0 Å². The Morgan fingerprint density at radius 3 is 2.24 bits per heavy atom. The zero-order valence-corrected chi connectivity index (χ0v) is 17.7. The van der Waals surface area contributed by atoms with Crippen molar-refractivity contribution < 1.29 is 19.0 Å². The van der Waals surface area contributed by atoms with Crippen molar-refractivity contribution >= 4 is 5.97 Å². The van der Waals surface area contributed by atoms with Crippen molar-refractivity contribution in [1.82, 2.24) is 0 Å². The Morgan fingerprint density at radius 1 is 0.931 bits per heavy atom. The first-order valence-electron chi connectivity index (χ1n) is 10.5. The number of carbonyl (C=O) groups excluding carboxylic acids is 1. The summed E-state index contributed by atoms with van der Waals surface area (Å²) in [6.45, 7) is 7.15. The number of benzene rings is 2. The topological polar surface area (TPSA) is 44.8 Å². The fraction of sp³-hybridized carbons (Fsp3) is 0.400. The molecule has 29 heavy (non-hydrogen) atoms. The first-order valence-corrected chi connectivity index (χ1v) is 10.5. The summed E-state index contributed by atoms with van der Waals surface area (Å²) in [7, 11) is 0. The van der Waals surface area contributed by atoms with Gasteiger partial charge in [0.15, 0.2) is 0 Å². The summed E-state index contributed by atoms with van der Waals surface area (Å²) in [6.07, 6.45) is 9.43. The number of allylic oxidation sites excluding steroid dienone is 1. The van der Waals surface area contributed by atoms with E-state index in [0.717, 1.165) is 18.6 Å². The predicted molar refractivity (Wildman–Crippen MR) is 117 cm³/mol. The van der Waals surface area contributed by atoms with E-state index < -0.39 is 5.97 Å². The van der Waals surface area contributed by atoms with Crippen molar-refractivity contribution in [2.75, 3.05) is 6.61 Å². The molecule has 0 aliphatic carbocycles. The van der Waals surface area contributed by atoms with Gasteiger partial charge in [-0.05, 0) is 73.4 Å². The van der Waals surface area contributed by atoms with Gasteiger partial charge in [-0.3, -0.25) is 0 Å². The van der Waals surface area contributed by atoms with E-state index in [1.165, 1.54) is 19.3 Å². The molecule has 0 saturated heterocycles. The standard InChI is InChI=1S/C25H32O4/c1-4-6-7-8-9-18-27-22-12-10-21(11-13-22)25(26)29-24-16-14-23(15-17-24)28-19-20(3)5-2/h9-18,20H,4-8,19H2,1-3H3. The third kappa shape index (κ3) is 8.43. The van der Waals surface area contributed by atoms with Crippen LogP contribution in [-0.2, 0) is 0 Å². The molecule has 0 heterocycles. The Balaban J connectivity index is 1.81. The molecular weight excluding hydrogens is 364 g/mol. The number of rotatable bonds is 12. The maximum Gasteiger partial charge on any atom is 0.343 e. The van der Waals surface area contributed by atoms with Crippen LogP contribution in [0.2, 0.25) is 0 Å². The third-order valence-corrected chi connectivity index (χ3v) is 4.63. The Kier molecular flexibility index (Phi) is 9.84. The highest BCUT2D eigenvalue weighted by Gasteiger charge is 2.09. The molecule has 2 aromatic carbocycles. The van der Waals surface area contributed by atoms with Crippen molar-refractivity contribution in [3.05, 3.63) is 66.4 Å². The molecule has 1 atom stereocenters. The van der Waals surface area contributed by atoms with Crippen molar-refractivity contribution in [2.45, 2.75) is 52.9 Å². The number of hydrogen-bond donors (Lipinski definition) is 0. The number of hydrogen-bond acceptors (Lipinski definition) is 4. The largest absolute Gasteiger partial charge is 0.493 e. The SMILES string of the molecule is CCCCCC=COc1ccc(C(=O)Oc2ccc(OCC(C)CC)cc2)cc1. The minimum Gasteiger partial charge on any atom is -0.493 e. The highest BCUT2D eigenvalue weighted by molar-refractivity contribution is 5.91. The zero-order chi connectivity index (χ0) is 20.9. The summed E-state index contributed by atoms with van der Waals surface area (Å²) in [4.78, 5) is 12.3. The number of esters is 1. The van der Waals surface area contributed by atoms with Gasteiger partial charge in [-0.15, -0.1) is 0 Å². The monoisotopic (exact) mass is 396 g/mol. The second kappa shape index (κ2) is 12.7. The molecule has 0 fully saturated rings. The third-order valence-electron chi connectivity index (χ3n) is 4.63. The molecule has 0 bridgehead atoms. The van der Waals surface area contributed by atoms with Crippen LogP contribution in [0.1, 0.15) is 63.2 Å². The van der Waals surface area contributed by atoms with Gasteiger partial charge in [0.25, 0.3) is 0 Å². The van der Waals surface area contributed by atoms with Gasteiger partial charge in [0, 0.05) is 0 Å². The van der Waals surface area contributed by atoms with Crippen LogP contribution in [0.25, 0.3) is 0 Å². The molecule has 4 nitrogen and oxygen atoms in total. The van der Waals surface area contributed by atoms with Gasteiger partial charge in [0.2, 0.25) is 0 Å². The molecular formula is C25H32O4. The quantitative estimate of drug-likeness (QED) is 0.171. The summed E-state index contributed by atoms with van der Waals surface area (Å²) in [5.41, 5.74) is 0.473. The van der Waals surface area contributed by atoms with E-state index in [1.807, 2.05) is 18.2 Å². The van der Waals surface area contributed by atoms with E-state index in [0.29, 0.717) is 29.6 Å². The van der Waals surface area contributed by atoms with Crippen LogP contribution in [0.5, 0.6) is 17.2 Å². The number of ether oxygens (including phenoxy) is 3. The summed E-state index contributed by atoms with van der Waals surface area (Å²) in [5.74, 6) is 2.06. The molecule has 2 aromatic rings. The van der Waals surface area contributed by atoms with E-state index in [1.54, 1.807) is 42.7 Å². The smallest absolute Gasteiger partial charge is 0.343 e. The molecule has 0 aliphatic heterocycles. The van der Waals surface area contributed by atoms with Crippen LogP contribution in [0, 0.1) is 5.92 Å². The second-order valence-corrected chi connectivity index (χ2v) is 7.20. The molecule has 0 spiro atoms. The first kappa shape index (κ1) is 22.5. The molecule has 2 rings (SSSR count). The molecule has 0 N–H and O–H groups in total. The van der Waals surface area contributed by atoms with E-state index in [2.05, 4.69) is 20.8 Å². The van der Waals surface area contributed by atoms with Crippen LogP contribution in [0.3, 0.4) is 0 Å². The summed E-state index contributed by atoms with van der Waals surface area (Å²) in [6, 6.07) is 14.0. The maximum absolute atomic E-state index is 12.3. The van der Waals surface area contributed by atoms with E-state index in [4.69, 9.17) is 14.2 Å².